The molecule has 0 aromatic heterocycles. The standard InChI is InChI=1S/C15H18BrNO5/c1-20-13-5-4-10(7-12(13)16)15(19)22-9-14(18)17-8-11-3-2-6-21-11/h4-5,7,11H,2-3,6,8-9H2,1H3,(H,17,18). The van der Waals surface area contributed by atoms with Crippen molar-refractivity contribution >= 4 is 27.8 Å². The Labute approximate surface area is 137 Å². The van der Waals surface area contributed by atoms with Crippen LogP contribution in [0.2, 0.25) is 0 Å². The Kier molecular flexibility index (Phi) is 6.21. The zero-order valence-electron chi connectivity index (χ0n) is 12.3. The van der Waals surface area contributed by atoms with Gasteiger partial charge in [0.05, 0.1) is 23.2 Å². The molecule has 0 spiro atoms. The largest absolute Gasteiger partial charge is 0.496 e. The van der Waals surface area contributed by atoms with Crippen LogP contribution in [0.4, 0.5) is 0 Å². The van der Waals surface area contributed by atoms with Gasteiger partial charge in [0, 0.05) is 13.2 Å². The van der Waals surface area contributed by atoms with Gasteiger partial charge in [-0.25, -0.2) is 4.79 Å². The van der Waals surface area contributed by atoms with E-state index in [0.29, 0.717) is 22.3 Å². The number of carbonyl (C=O) groups excluding carboxylic acids is 2. The zero-order valence-corrected chi connectivity index (χ0v) is 13.9. The Morgan fingerprint density at radius 2 is 2.27 bits per heavy atom. The van der Waals surface area contributed by atoms with Crippen LogP contribution >= 0.6 is 15.9 Å². The number of ether oxygens (including phenoxy) is 3. The summed E-state index contributed by atoms with van der Waals surface area (Å²) in [6.45, 7) is 0.877. The Morgan fingerprint density at radius 3 is 2.91 bits per heavy atom. The lowest BCUT2D eigenvalue weighted by atomic mass is 10.2. The molecular weight excluding hydrogens is 354 g/mol. The normalized spacial score (nSPS) is 17.1. The quantitative estimate of drug-likeness (QED) is 0.773. The summed E-state index contributed by atoms with van der Waals surface area (Å²) in [7, 11) is 1.54. The number of halogens is 1. The number of esters is 1. The smallest absolute Gasteiger partial charge is 0.338 e. The lowest BCUT2D eigenvalue weighted by molar-refractivity contribution is -0.124. The molecule has 7 heteroatoms. The Bertz CT molecular complexity index is 543. The zero-order chi connectivity index (χ0) is 15.9. The first kappa shape index (κ1) is 16.8. The van der Waals surface area contributed by atoms with Gasteiger partial charge in [-0.05, 0) is 47.0 Å². The maximum absolute atomic E-state index is 11.9. The molecular formula is C15H18BrNO5. The summed E-state index contributed by atoms with van der Waals surface area (Å²) in [6.07, 6.45) is 2.03. The molecule has 1 unspecified atom stereocenters. The summed E-state index contributed by atoms with van der Waals surface area (Å²) >= 11 is 3.29. The first-order valence-electron chi connectivity index (χ1n) is 6.99. The highest BCUT2D eigenvalue weighted by atomic mass is 79.9. The highest BCUT2D eigenvalue weighted by Crippen LogP contribution is 2.25. The highest BCUT2D eigenvalue weighted by molar-refractivity contribution is 9.10. The summed E-state index contributed by atoms with van der Waals surface area (Å²) in [4.78, 5) is 23.5. The molecule has 0 aliphatic carbocycles. The fourth-order valence-electron chi connectivity index (χ4n) is 2.09. The van der Waals surface area contributed by atoms with Crippen LogP contribution in [0, 0.1) is 0 Å². The van der Waals surface area contributed by atoms with E-state index in [9.17, 15) is 9.59 Å². The van der Waals surface area contributed by atoms with E-state index < -0.39 is 5.97 Å². The van der Waals surface area contributed by atoms with Crippen molar-refractivity contribution in [3.8, 4) is 5.75 Å². The first-order valence-corrected chi connectivity index (χ1v) is 7.78. The van der Waals surface area contributed by atoms with E-state index in [1.807, 2.05) is 0 Å². The van der Waals surface area contributed by atoms with Crippen LogP contribution in [0.5, 0.6) is 5.75 Å². The predicted molar refractivity (Wildman–Crippen MR) is 83.0 cm³/mol. The van der Waals surface area contributed by atoms with Crippen LogP contribution in [-0.4, -0.2) is 44.8 Å². The van der Waals surface area contributed by atoms with Crippen molar-refractivity contribution in [3.63, 3.8) is 0 Å². The van der Waals surface area contributed by atoms with Crippen molar-refractivity contribution in [3.05, 3.63) is 28.2 Å². The van der Waals surface area contributed by atoms with Crippen LogP contribution in [0.3, 0.4) is 0 Å². The average Bonchev–Trinajstić information content (AvgIpc) is 3.03. The van der Waals surface area contributed by atoms with E-state index >= 15 is 0 Å². The fourth-order valence-corrected chi connectivity index (χ4v) is 2.63. The van der Waals surface area contributed by atoms with Crippen molar-refractivity contribution in [2.75, 3.05) is 26.9 Å². The van der Waals surface area contributed by atoms with Gasteiger partial charge in [-0.2, -0.15) is 0 Å². The number of hydrogen-bond acceptors (Lipinski definition) is 5. The van der Waals surface area contributed by atoms with E-state index in [1.165, 1.54) is 7.11 Å². The summed E-state index contributed by atoms with van der Waals surface area (Å²) in [5.41, 5.74) is 0.347. The molecule has 1 N–H and O–H groups in total. The van der Waals surface area contributed by atoms with Gasteiger partial charge in [0.1, 0.15) is 5.75 Å². The van der Waals surface area contributed by atoms with Crippen molar-refractivity contribution in [2.45, 2.75) is 18.9 Å². The van der Waals surface area contributed by atoms with Crippen LogP contribution in [0.15, 0.2) is 22.7 Å². The minimum atomic E-state index is -0.560. The molecule has 1 heterocycles. The third-order valence-corrected chi connectivity index (χ3v) is 3.89. The molecule has 22 heavy (non-hydrogen) atoms. The minimum absolute atomic E-state index is 0.0668. The Hall–Kier alpha value is -1.60. The SMILES string of the molecule is COc1ccc(C(=O)OCC(=O)NCC2CCCO2)cc1Br. The van der Waals surface area contributed by atoms with E-state index in [4.69, 9.17) is 14.2 Å². The second-order valence-electron chi connectivity index (χ2n) is 4.86. The second-order valence-corrected chi connectivity index (χ2v) is 5.72. The predicted octanol–water partition coefficient (Wildman–Crippen LogP) is 1.91. The van der Waals surface area contributed by atoms with Gasteiger partial charge in [-0.3, -0.25) is 4.79 Å². The molecule has 0 saturated carbocycles. The molecule has 1 aliphatic heterocycles. The molecule has 6 nitrogen and oxygen atoms in total. The van der Waals surface area contributed by atoms with Gasteiger partial charge < -0.3 is 19.5 Å². The van der Waals surface area contributed by atoms with Gasteiger partial charge in [0.15, 0.2) is 6.61 Å². The molecule has 120 valence electrons. The summed E-state index contributed by atoms with van der Waals surface area (Å²) in [5, 5.41) is 2.69. The molecule has 1 aliphatic rings. The number of rotatable bonds is 6. The molecule has 1 aromatic rings. The van der Waals surface area contributed by atoms with Gasteiger partial charge in [-0.1, -0.05) is 0 Å². The summed E-state index contributed by atoms with van der Waals surface area (Å²) < 4.78 is 16.1. The third kappa shape index (κ3) is 4.71. The monoisotopic (exact) mass is 371 g/mol. The number of nitrogens with one attached hydrogen (secondary N) is 1. The molecule has 1 atom stereocenters. The number of carbonyl (C=O) groups is 2. The Morgan fingerprint density at radius 1 is 1.45 bits per heavy atom. The van der Waals surface area contributed by atoms with E-state index in [1.54, 1.807) is 18.2 Å². The second kappa shape index (κ2) is 8.14. The summed E-state index contributed by atoms with van der Waals surface area (Å²) in [5.74, 6) is -0.280. The molecule has 1 saturated heterocycles. The minimum Gasteiger partial charge on any atom is -0.496 e. The number of amides is 1. The van der Waals surface area contributed by atoms with Crippen LogP contribution in [-0.2, 0) is 14.3 Å². The average molecular weight is 372 g/mol. The van der Waals surface area contributed by atoms with E-state index in [-0.39, 0.29) is 18.6 Å². The van der Waals surface area contributed by atoms with Gasteiger partial charge in [-0.15, -0.1) is 0 Å². The number of benzene rings is 1. The molecule has 0 radical (unpaired) electrons. The molecule has 0 bridgehead atoms. The van der Waals surface area contributed by atoms with Crippen molar-refractivity contribution in [2.24, 2.45) is 0 Å². The van der Waals surface area contributed by atoms with Crippen molar-refractivity contribution in [1.82, 2.24) is 5.32 Å². The van der Waals surface area contributed by atoms with Crippen LogP contribution < -0.4 is 10.1 Å². The molecule has 1 fully saturated rings. The summed E-state index contributed by atoms with van der Waals surface area (Å²) in [6, 6.07) is 4.82. The van der Waals surface area contributed by atoms with Crippen LogP contribution in [0.1, 0.15) is 23.2 Å². The van der Waals surface area contributed by atoms with Crippen molar-refractivity contribution < 1.29 is 23.8 Å². The molecule has 1 aromatic carbocycles. The lowest BCUT2D eigenvalue weighted by Crippen LogP contribution is -2.34. The number of hydrogen-bond donors (Lipinski definition) is 1. The Balaban J connectivity index is 1.76. The highest BCUT2D eigenvalue weighted by Gasteiger charge is 2.17. The number of methoxy groups -OCH3 is 1. The maximum Gasteiger partial charge on any atom is 0.338 e. The lowest BCUT2D eigenvalue weighted by Gasteiger charge is -2.11. The maximum atomic E-state index is 11.9. The topological polar surface area (TPSA) is 73.9 Å². The molecule has 2 rings (SSSR count). The first-order chi connectivity index (χ1) is 10.6. The van der Waals surface area contributed by atoms with E-state index in [2.05, 4.69) is 21.2 Å². The van der Waals surface area contributed by atoms with Gasteiger partial charge in [0.25, 0.3) is 5.91 Å². The molecule has 1 amide bonds. The third-order valence-electron chi connectivity index (χ3n) is 3.27. The van der Waals surface area contributed by atoms with Crippen molar-refractivity contribution in [1.29, 1.82) is 0 Å². The van der Waals surface area contributed by atoms with Crippen LogP contribution in [0.25, 0.3) is 0 Å². The van der Waals surface area contributed by atoms with E-state index in [0.717, 1.165) is 19.4 Å². The van der Waals surface area contributed by atoms with Gasteiger partial charge in [0.2, 0.25) is 0 Å². The fraction of sp³-hybridized carbons (Fsp3) is 0.467. The van der Waals surface area contributed by atoms with Gasteiger partial charge >= 0.3 is 5.97 Å².